The summed E-state index contributed by atoms with van der Waals surface area (Å²) in [7, 11) is 2.65. The van der Waals surface area contributed by atoms with Crippen LogP contribution in [0.5, 0.6) is 0 Å². The molecule has 0 bridgehead atoms. The number of nitrogens with two attached hydrogens (primary N) is 1. The van der Waals surface area contributed by atoms with Crippen LogP contribution in [0.25, 0.3) is 0 Å². The van der Waals surface area contributed by atoms with E-state index in [1.807, 2.05) is 13.8 Å². The minimum Gasteiger partial charge on any atom is -0.324 e. The minimum atomic E-state index is -0.0717. The highest BCUT2D eigenvalue weighted by Gasteiger charge is 2.11. The molecule has 0 heterocycles. The monoisotopic (exact) mass is 148 g/mol. The van der Waals surface area contributed by atoms with Crippen LogP contribution < -0.4 is 5.73 Å². The average Bonchev–Trinajstić information content (AvgIpc) is 1.62. The molecule has 0 aromatic carbocycles. The lowest BCUT2D eigenvalue weighted by Gasteiger charge is -2.24. The Balaban J connectivity index is 3.47. The Labute approximate surface area is 60.0 Å². The molecular weight excluding hydrogens is 131 g/mol. The first-order valence-corrected chi connectivity index (χ1v) is 3.76. The zero-order valence-corrected chi connectivity index (χ0v) is 7.67. The lowest BCUT2D eigenvalue weighted by molar-refractivity contribution is 0.372. The molecule has 3 heteroatoms. The van der Waals surface area contributed by atoms with Crippen molar-refractivity contribution < 1.29 is 0 Å². The van der Waals surface area contributed by atoms with Crippen molar-refractivity contribution in [3.63, 3.8) is 0 Å². The van der Waals surface area contributed by atoms with Crippen LogP contribution in [0.2, 0.25) is 0 Å². The number of hydrogen-bond donors (Lipinski definition) is 1. The minimum absolute atomic E-state index is 0.0717. The normalized spacial score (nSPS) is 12.7. The van der Waals surface area contributed by atoms with Gasteiger partial charge in [0.05, 0.1) is 0 Å². The molecule has 9 heavy (non-hydrogen) atoms. The maximum atomic E-state index is 5.76. The Kier molecular flexibility index (Phi) is 3.64. The second kappa shape index (κ2) is 3.50. The maximum Gasteiger partial charge on any atom is 0.0229 e. The molecule has 0 aliphatic rings. The summed E-state index contributed by atoms with van der Waals surface area (Å²) in [6.07, 6.45) is 0. The quantitative estimate of drug-likeness (QED) is 0.601. The Morgan fingerprint density at radius 3 is 2.11 bits per heavy atom. The fourth-order valence-corrected chi connectivity index (χ4v) is 1.11. The van der Waals surface area contributed by atoms with Crippen molar-refractivity contribution in [2.75, 3.05) is 13.1 Å². The standard InChI is InChI=1S/C6H17N2P/c1-4-8(9)5-6(2,3)7/h4-5,7,9H2,1-3H3. The molecule has 1 unspecified atom stereocenters. The maximum absolute atomic E-state index is 5.76. The molecule has 2 N–H and O–H groups in total. The van der Waals surface area contributed by atoms with E-state index in [9.17, 15) is 0 Å². The second-order valence-corrected chi connectivity index (χ2v) is 3.78. The predicted octanol–water partition coefficient (Wildman–Crippen LogP) is 0.836. The molecule has 0 radical (unpaired) electrons. The van der Waals surface area contributed by atoms with Gasteiger partial charge < -0.3 is 5.73 Å². The van der Waals surface area contributed by atoms with Crippen molar-refractivity contribution >= 4 is 9.39 Å². The Hall–Kier alpha value is 0.350. The van der Waals surface area contributed by atoms with Gasteiger partial charge in [-0.3, -0.25) is 4.67 Å². The Bertz CT molecular complexity index is 77.6. The van der Waals surface area contributed by atoms with Crippen molar-refractivity contribution in [2.24, 2.45) is 5.73 Å². The van der Waals surface area contributed by atoms with Crippen LogP contribution in [-0.2, 0) is 0 Å². The lowest BCUT2D eigenvalue weighted by Crippen LogP contribution is -2.41. The zero-order valence-electron chi connectivity index (χ0n) is 6.52. The topological polar surface area (TPSA) is 29.3 Å². The van der Waals surface area contributed by atoms with Gasteiger partial charge in [0.25, 0.3) is 0 Å². The van der Waals surface area contributed by atoms with Gasteiger partial charge in [0.15, 0.2) is 0 Å². The third-order valence-electron chi connectivity index (χ3n) is 1.02. The molecule has 1 atom stereocenters. The van der Waals surface area contributed by atoms with Crippen molar-refractivity contribution in [3.05, 3.63) is 0 Å². The van der Waals surface area contributed by atoms with Gasteiger partial charge >= 0.3 is 0 Å². The number of hydrogen-bond acceptors (Lipinski definition) is 2. The number of likely N-dealkylation sites (N-methyl/N-ethyl adjacent to an activating group) is 1. The zero-order chi connectivity index (χ0) is 7.49. The van der Waals surface area contributed by atoms with E-state index in [0.29, 0.717) is 0 Å². The van der Waals surface area contributed by atoms with Crippen molar-refractivity contribution in [3.8, 4) is 0 Å². The summed E-state index contributed by atoms with van der Waals surface area (Å²) in [5, 5.41) is 0. The molecule has 0 saturated heterocycles. The molecule has 2 nitrogen and oxygen atoms in total. The summed E-state index contributed by atoms with van der Waals surface area (Å²) in [6, 6.07) is 0. The van der Waals surface area contributed by atoms with Crippen LogP contribution in [0.4, 0.5) is 0 Å². The Morgan fingerprint density at radius 1 is 1.56 bits per heavy atom. The molecule has 0 aliphatic heterocycles. The average molecular weight is 148 g/mol. The van der Waals surface area contributed by atoms with Crippen LogP contribution in [0.15, 0.2) is 0 Å². The van der Waals surface area contributed by atoms with Gasteiger partial charge in [-0.05, 0) is 20.4 Å². The van der Waals surface area contributed by atoms with E-state index >= 15 is 0 Å². The summed E-state index contributed by atoms with van der Waals surface area (Å²) in [5.41, 5.74) is 5.69. The smallest absolute Gasteiger partial charge is 0.0229 e. The van der Waals surface area contributed by atoms with Crippen LogP contribution >= 0.6 is 9.39 Å². The molecule has 0 aliphatic carbocycles. The fraction of sp³-hybridized carbons (Fsp3) is 1.00. The fourth-order valence-electron chi connectivity index (χ4n) is 0.635. The molecule has 0 saturated carbocycles. The molecule has 0 amide bonds. The van der Waals surface area contributed by atoms with Gasteiger partial charge in [0, 0.05) is 12.1 Å². The molecule has 0 aromatic rings. The highest BCUT2D eigenvalue weighted by Crippen LogP contribution is 2.04. The van der Waals surface area contributed by atoms with Crippen molar-refractivity contribution in [1.82, 2.24) is 4.67 Å². The summed E-state index contributed by atoms with van der Waals surface area (Å²) in [5.74, 6) is 0. The lowest BCUT2D eigenvalue weighted by atomic mass is 10.1. The van der Waals surface area contributed by atoms with Crippen LogP contribution in [0.3, 0.4) is 0 Å². The Morgan fingerprint density at radius 2 is 2.00 bits per heavy atom. The number of nitrogens with zero attached hydrogens (tertiary/aromatic N) is 1. The van der Waals surface area contributed by atoms with E-state index in [1.54, 1.807) is 0 Å². The van der Waals surface area contributed by atoms with E-state index in [1.165, 1.54) is 0 Å². The molecule has 56 valence electrons. The van der Waals surface area contributed by atoms with E-state index in [0.717, 1.165) is 13.1 Å². The van der Waals surface area contributed by atoms with Crippen molar-refractivity contribution in [2.45, 2.75) is 26.3 Å². The van der Waals surface area contributed by atoms with Gasteiger partial charge in [-0.15, -0.1) is 0 Å². The first-order valence-electron chi connectivity index (χ1n) is 3.24. The van der Waals surface area contributed by atoms with Crippen LogP contribution in [-0.4, -0.2) is 23.3 Å². The molecular formula is C6H17N2P. The van der Waals surface area contributed by atoms with E-state index in [4.69, 9.17) is 5.73 Å². The van der Waals surface area contributed by atoms with Gasteiger partial charge in [-0.2, -0.15) is 0 Å². The van der Waals surface area contributed by atoms with E-state index < -0.39 is 0 Å². The van der Waals surface area contributed by atoms with Gasteiger partial charge in [-0.25, -0.2) is 0 Å². The molecule has 0 fully saturated rings. The van der Waals surface area contributed by atoms with Gasteiger partial charge in [-0.1, -0.05) is 16.3 Å². The first-order chi connectivity index (χ1) is 3.95. The molecule has 0 rings (SSSR count). The third kappa shape index (κ3) is 6.23. The molecule has 0 spiro atoms. The summed E-state index contributed by atoms with van der Waals surface area (Å²) >= 11 is 0. The van der Waals surface area contributed by atoms with E-state index in [-0.39, 0.29) is 5.54 Å². The predicted molar refractivity (Wildman–Crippen MR) is 45.2 cm³/mol. The van der Waals surface area contributed by atoms with Gasteiger partial charge in [0.1, 0.15) is 0 Å². The van der Waals surface area contributed by atoms with Crippen molar-refractivity contribution in [1.29, 1.82) is 0 Å². The highest BCUT2D eigenvalue weighted by atomic mass is 31.0. The summed E-state index contributed by atoms with van der Waals surface area (Å²) in [4.78, 5) is 0. The number of rotatable bonds is 3. The summed E-state index contributed by atoms with van der Waals surface area (Å²) in [6.45, 7) is 8.12. The van der Waals surface area contributed by atoms with Crippen LogP contribution in [0, 0.1) is 0 Å². The summed E-state index contributed by atoms with van der Waals surface area (Å²) < 4.78 is 2.12. The SMILES string of the molecule is CCN(P)CC(C)(C)N. The van der Waals surface area contributed by atoms with Crippen LogP contribution in [0.1, 0.15) is 20.8 Å². The first kappa shape index (κ1) is 9.35. The molecule has 0 aromatic heterocycles. The highest BCUT2D eigenvalue weighted by molar-refractivity contribution is 7.13. The van der Waals surface area contributed by atoms with Gasteiger partial charge in [0.2, 0.25) is 0 Å². The van der Waals surface area contributed by atoms with E-state index in [2.05, 4.69) is 21.0 Å². The third-order valence-corrected chi connectivity index (χ3v) is 1.56. The second-order valence-electron chi connectivity index (χ2n) is 3.05. The largest absolute Gasteiger partial charge is 0.324 e.